The van der Waals surface area contributed by atoms with Crippen LogP contribution < -0.4 is 4.74 Å². The van der Waals surface area contributed by atoms with Gasteiger partial charge in [-0.05, 0) is 49.5 Å². The predicted molar refractivity (Wildman–Crippen MR) is 120 cm³/mol. The fourth-order valence-electron chi connectivity index (χ4n) is 4.22. The Kier molecular flexibility index (Phi) is 7.44. The summed E-state index contributed by atoms with van der Waals surface area (Å²) < 4.78 is 34.7. The van der Waals surface area contributed by atoms with Gasteiger partial charge in [0.25, 0.3) is 0 Å². The molecule has 7 nitrogen and oxygen atoms in total. The molecule has 0 bridgehead atoms. The SMILES string of the molecule is CCC(=O)N(C)C[C@H]1Oc2cc(C3=CCCC3)ccc2S(=O)(=O)N([C@H](C)CO)C[C@H]1C. The Labute approximate surface area is 185 Å². The number of allylic oxidation sites excluding steroid dienone is 2. The van der Waals surface area contributed by atoms with Crippen molar-refractivity contribution in [1.82, 2.24) is 9.21 Å². The summed E-state index contributed by atoms with van der Waals surface area (Å²) in [5.74, 6) is 0.142. The number of hydrogen-bond donors (Lipinski definition) is 1. The van der Waals surface area contributed by atoms with Crippen molar-refractivity contribution in [2.75, 3.05) is 26.7 Å². The normalized spacial score (nSPS) is 24.4. The molecule has 1 aliphatic heterocycles. The third-order valence-electron chi connectivity index (χ3n) is 6.26. The maximum absolute atomic E-state index is 13.5. The van der Waals surface area contributed by atoms with E-state index in [1.54, 1.807) is 24.9 Å². The minimum Gasteiger partial charge on any atom is -0.487 e. The fourth-order valence-corrected chi connectivity index (χ4v) is 6.04. The fraction of sp³-hybridized carbons (Fsp3) is 0.609. The number of hydrogen-bond acceptors (Lipinski definition) is 5. The van der Waals surface area contributed by atoms with Crippen molar-refractivity contribution >= 4 is 21.5 Å². The number of carbonyl (C=O) groups excluding carboxylic acids is 1. The van der Waals surface area contributed by atoms with Gasteiger partial charge in [-0.2, -0.15) is 4.31 Å². The first-order valence-corrected chi connectivity index (χ1v) is 12.5. The molecular weight excluding hydrogens is 416 g/mol. The molecule has 1 aliphatic carbocycles. The maximum Gasteiger partial charge on any atom is 0.247 e. The van der Waals surface area contributed by atoms with Gasteiger partial charge in [-0.15, -0.1) is 0 Å². The smallest absolute Gasteiger partial charge is 0.247 e. The van der Waals surface area contributed by atoms with Crippen molar-refractivity contribution in [2.24, 2.45) is 5.92 Å². The third-order valence-corrected chi connectivity index (χ3v) is 8.28. The highest BCUT2D eigenvalue weighted by Gasteiger charge is 2.38. The first-order chi connectivity index (χ1) is 14.7. The molecule has 0 saturated carbocycles. The second kappa shape index (κ2) is 9.71. The molecule has 0 aromatic heterocycles. The van der Waals surface area contributed by atoms with Gasteiger partial charge in [0.15, 0.2) is 0 Å². The highest BCUT2D eigenvalue weighted by molar-refractivity contribution is 7.89. The molecule has 1 N–H and O–H groups in total. The Morgan fingerprint density at radius 2 is 2.13 bits per heavy atom. The van der Waals surface area contributed by atoms with Gasteiger partial charge in [-0.25, -0.2) is 8.42 Å². The lowest BCUT2D eigenvalue weighted by Crippen LogP contribution is -2.50. The summed E-state index contributed by atoms with van der Waals surface area (Å²) in [6, 6.07) is 4.71. The largest absolute Gasteiger partial charge is 0.487 e. The number of amides is 1. The van der Waals surface area contributed by atoms with Gasteiger partial charge in [-0.1, -0.05) is 26.0 Å². The molecule has 0 fully saturated rings. The Balaban J connectivity index is 2.07. The number of nitrogens with zero attached hydrogens (tertiary/aromatic N) is 2. The Morgan fingerprint density at radius 3 is 2.74 bits per heavy atom. The lowest BCUT2D eigenvalue weighted by molar-refractivity contribution is -0.131. The molecule has 1 aromatic carbocycles. The van der Waals surface area contributed by atoms with E-state index < -0.39 is 16.1 Å². The van der Waals surface area contributed by atoms with E-state index in [-0.39, 0.29) is 36.0 Å². The molecule has 2 aliphatic rings. The highest BCUT2D eigenvalue weighted by Crippen LogP contribution is 2.37. The molecule has 3 rings (SSSR count). The van der Waals surface area contributed by atoms with Crippen LogP contribution >= 0.6 is 0 Å². The number of aliphatic hydroxyl groups is 1. The zero-order valence-electron chi connectivity index (χ0n) is 18.9. The number of likely N-dealkylation sites (N-methyl/N-ethyl adjacent to an activating group) is 1. The summed E-state index contributed by atoms with van der Waals surface area (Å²) in [5, 5.41) is 9.72. The van der Waals surface area contributed by atoms with E-state index in [1.807, 2.05) is 26.0 Å². The average molecular weight is 451 g/mol. The number of fused-ring (bicyclic) bond motifs is 1. The average Bonchev–Trinajstić information content (AvgIpc) is 3.29. The monoisotopic (exact) mass is 450 g/mol. The van der Waals surface area contributed by atoms with Crippen LogP contribution in [0.3, 0.4) is 0 Å². The first-order valence-electron chi connectivity index (χ1n) is 11.1. The minimum atomic E-state index is -3.85. The summed E-state index contributed by atoms with van der Waals surface area (Å²) >= 11 is 0. The van der Waals surface area contributed by atoms with Crippen LogP contribution in [0.2, 0.25) is 0 Å². The number of aliphatic hydroxyl groups excluding tert-OH is 1. The molecule has 3 atom stereocenters. The zero-order valence-corrected chi connectivity index (χ0v) is 19.7. The van der Waals surface area contributed by atoms with Crippen LogP contribution in [0.4, 0.5) is 0 Å². The van der Waals surface area contributed by atoms with E-state index in [4.69, 9.17) is 4.74 Å². The second-order valence-corrected chi connectivity index (χ2v) is 10.5. The molecular formula is C23H34N2O5S. The Morgan fingerprint density at radius 1 is 1.39 bits per heavy atom. The van der Waals surface area contributed by atoms with Crippen molar-refractivity contribution in [1.29, 1.82) is 0 Å². The quantitative estimate of drug-likeness (QED) is 0.720. The van der Waals surface area contributed by atoms with Crippen LogP contribution in [0.15, 0.2) is 29.2 Å². The van der Waals surface area contributed by atoms with Crippen LogP contribution in [0.1, 0.15) is 52.0 Å². The summed E-state index contributed by atoms with van der Waals surface area (Å²) in [5.41, 5.74) is 2.17. The number of carbonyl (C=O) groups is 1. The van der Waals surface area contributed by atoms with E-state index in [0.29, 0.717) is 18.7 Å². The van der Waals surface area contributed by atoms with Crippen molar-refractivity contribution in [3.63, 3.8) is 0 Å². The molecule has 0 spiro atoms. The van der Waals surface area contributed by atoms with E-state index in [2.05, 4.69) is 6.08 Å². The first kappa shape index (κ1) is 23.8. The van der Waals surface area contributed by atoms with Crippen LogP contribution in [0.25, 0.3) is 5.57 Å². The zero-order chi connectivity index (χ0) is 22.8. The van der Waals surface area contributed by atoms with Crippen molar-refractivity contribution in [2.45, 2.75) is 63.5 Å². The molecule has 1 heterocycles. The lowest BCUT2D eigenvalue weighted by Gasteiger charge is -2.37. The van der Waals surface area contributed by atoms with Crippen LogP contribution in [-0.2, 0) is 14.8 Å². The van der Waals surface area contributed by atoms with Crippen LogP contribution in [-0.4, -0.2) is 67.5 Å². The summed E-state index contributed by atoms with van der Waals surface area (Å²) in [6.45, 7) is 5.74. The molecule has 1 amide bonds. The summed E-state index contributed by atoms with van der Waals surface area (Å²) in [7, 11) is -2.11. The van der Waals surface area contributed by atoms with E-state index in [1.165, 1.54) is 9.88 Å². The number of ether oxygens (including phenoxy) is 1. The minimum absolute atomic E-state index is 0.0103. The molecule has 1 aromatic rings. The van der Waals surface area contributed by atoms with Gasteiger partial charge in [0, 0.05) is 32.0 Å². The van der Waals surface area contributed by atoms with E-state index >= 15 is 0 Å². The van der Waals surface area contributed by atoms with Crippen molar-refractivity contribution in [3.05, 3.63) is 29.8 Å². The second-order valence-electron chi connectivity index (χ2n) is 8.65. The standard InChI is InChI=1S/C23H34N2O5S/c1-5-23(27)24(4)14-21-16(2)13-25(17(3)15-26)31(28,29)22-11-10-19(12-20(22)30-21)18-8-6-7-9-18/h8,10-12,16-17,21,26H,5-7,9,13-15H2,1-4H3/t16-,17-,21-/m1/s1. The molecule has 8 heteroatoms. The molecule has 0 unspecified atom stereocenters. The number of benzene rings is 1. The van der Waals surface area contributed by atoms with Crippen molar-refractivity contribution < 1.29 is 23.1 Å². The maximum atomic E-state index is 13.5. The summed E-state index contributed by atoms with van der Waals surface area (Å²) in [6.07, 6.45) is 5.29. The number of sulfonamides is 1. The summed E-state index contributed by atoms with van der Waals surface area (Å²) in [4.78, 5) is 13.9. The predicted octanol–water partition coefficient (Wildman–Crippen LogP) is 2.89. The topological polar surface area (TPSA) is 87.2 Å². The Hall–Kier alpha value is -1.90. The molecule has 172 valence electrons. The van der Waals surface area contributed by atoms with Crippen molar-refractivity contribution in [3.8, 4) is 5.75 Å². The molecule has 0 saturated heterocycles. The molecule has 0 radical (unpaired) electrons. The Bertz CT molecular complexity index is 943. The highest BCUT2D eigenvalue weighted by atomic mass is 32.2. The van der Waals surface area contributed by atoms with Gasteiger partial charge in [0.1, 0.15) is 16.7 Å². The van der Waals surface area contributed by atoms with Crippen LogP contribution in [0.5, 0.6) is 5.75 Å². The van der Waals surface area contributed by atoms with E-state index in [9.17, 15) is 18.3 Å². The van der Waals surface area contributed by atoms with Crippen LogP contribution in [0, 0.1) is 5.92 Å². The lowest BCUT2D eigenvalue weighted by atomic mass is 10.0. The number of rotatable bonds is 6. The van der Waals surface area contributed by atoms with Gasteiger partial charge >= 0.3 is 0 Å². The molecule has 31 heavy (non-hydrogen) atoms. The third kappa shape index (κ3) is 4.96. The van der Waals surface area contributed by atoms with Gasteiger partial charge in [-0.3, -0.25) is 4.79 Å². The van der Waals surface area contributed by atoms with E-state index in [0.717, 1.165) is 24.8 Å². The van der Waals surface area contributed by atoms with Gasteiger partial charge in [0.05, 0.1) is 13.2 Å². The van der Waals surface area contributed by atoms with Gasteiger partial charge < -0.3 is 14.7 Å². The van der Waals surface area contributed by atoms with Gasteiger partial charge in [0.2, 0.25) is 15.9 Å².